The SMILES string of the molecule is COc1ccc([C@H](CC(=O)Nc2cccc(OC)c2)c2c(O)cc(C)oc2=O)cc1. The van der Waals surface area contributed by atoms with E-state index in [-0.39, 0.29) is 29.4 Å². The van der Waals surface area contributed by atoms with Crippen LogP contribution in [-0.4, -0.2) is 25.2 Å². The Labute approximate surface area is 173 Å². The number of aromatic hydroxyl groups is 1. The second kappa shape index (κ2) is 9.17. The van der Waals surface area contributed by atoms with Gasteiger partial charge in [0, 0.05) is 30.2 Å². The van der Waals surface area contributed by atoms with Crippen LogP contribution in [0.3, 0.4) is 0 Å². The highest BCUT2D eigenvalue weighted by atomic mass is 16.5. The van der Waals surface area contributed by atoms with Crippen LogP contribution in [0.2, 0.25) is 0 Å². The molecule has 2 N–H and O–H groups in total. The molecule has 2 aromatic carbocycles. The highest BCUT2D eigenvalue weighted by Gasteiger charge is 2.26. The Morgan fingerprint density at radius 2 is 1.77 bits per heavy atom. The first-order valence-corrected chi connectivity index (χ1v) is 9.32. The number of anilines is 1. The third-order valence-electron chi connectivity index (χ3n) is 4.70. The molecular weight excluding hydrogens is 386 g/mol. The molecule has 0 unspecified atom stereocenters. The third kappa shape index (κ3) is 4.81. The predicted molar refractivity (Wildman–Crippen MR) is 112 cm³/mol. The van der Waals surface area contributed by atoms with E-state index < -0.39 is 11.5 Å². The second-order valence-corrected chi connectivity index (χ2v) is 6.75. The van der Waals surface area contributed by atoms with Gasteiger partial charge in [-0.05, 0) is 36.8 Å². The van der Waals surface area contributed by atoms with E-state index >= 15 is 0 Å². The van der Waals surface area contributed by atoms with E-state index in [4.69, 9.17) is 13.9 Å². The van der Waals surface area contributed by atoms with Gasteiger partial charge in [0.05, 0.1) is 19.8 Å². The number of aryl methyl sites for hydroxylation is 1. The average Bonchev–Trinajstić information content (AvgIpc) is 2.72. The minimum Gasteiger partial charge on any atom is -0.507 e. The molecule has 3 aromatic rings. The normalized spacial score (nSPS) is 11.6. The average molecular weight is 409 g/mol. The number of hydrogen-bond donors (Lipinski definition) is 2. The summed E-state index contributed by atoms with van der Waals surface area (Å²) in [4.78, 5) is 25.3. The minimum atomic E-state index is -0.710. The Kier molecular flexibility index (Phi) is 6.41. The van der Waals surface area contributed by atoms with Crippen molar-refractivity contribution in [2.24, 2.45) is 0 Å². The Bertz CT molecular complexity index is 1090. The van der Waals surface area contributed by atoms with Gasteiger partial charge in [-0.1, -0.05) is 18.2 Å². The van der Waals surface area contributed by atoms with Crippen LogP contribution in [-0.2, 0) is 4.79 Å². The fourth-order valence-electron chi connectivity index (χ4n) is 3.25. The van der Waals surface area contributed by atoms with Gasteiger partial charge < -0.3 is 24.3 Å². The van der Waals surface area contributed by atoms with Crippen LogP contribution in [0.4, 0.5) is 5.69 Å². The highest BCUT2D eigenvalue weighted by molar-refractivity contribution is 5.91. The molecule has 1 amide bonds. The lowest BCUT2D eigenvalue weighted by atomic mass is 9.88. The lowest BCUT2D eigenvalue weighted by molar-refractivity contribution is -0.116. The van der Waals surface area contributed by atoms with E-state index in [1.165, 1.54) is 6.07 Å². The zero-order valence-electron chi connectivity index (χ0n) is 17.0. The van der Waals surface area contributed by atoms with Crippen LogP contribution < -0.4 is 20.4 Å². The zero-order valence-corrected chi connectivity index (χ0v) is 17.0. The second-order valence-electron chi connectivity index (χ2n) is 6.75. The zero-order chi connectivity index (χ0) is 21.7. The number of nitrogens with one attached hydrogen (secondary N) is 1. The summed E-state index contributed by atoms with van der Waals surface area (Å²) in [5.41, 5.74) is 0.588. The molecule has 1 aromatic heterocycles. The number of carbonyl (C=O) groups excluding carboxylic acids is 1. The summed E-state index contributed by atoms with van der Waals surface area (Å²) in [6, 6.07) is 15.3. The predicted octanol–water partition coefficient (Wildman–Crippen LogP) is 3.83. The Morgan fingerprint density at radius 1 is 1.07 bits per heavy atom. The molecule has 0 aliphatic heterocycles. The highest BCUT2D eigenvalue weighted by Crippen LogP contribution is 2.33. The van der Waals surface area contributed by atoms with Crippen molar-refractivity contribution in [3.05, 3.63) is 81.9 Å². The summed E-state index contributed by atoms with van der Waals surface area (Å²) in [5.74, 6) is 0.283. The first-order chi connectivity index (χ1) is 14.4. The van der Waals surface area contributed by atoms with E-state index in [1.54, 1.807) is 69.7 Å². The number of ether oxygens (including phenoxy) is 2. The van der Waals surface area contributed by atoms with Gasteiger partial charge in [-0.2, -0.15) is 0 Å². The molecule has 0 spiro atoms. The number of methoxy groups -OCH3 is 2. The molecular formula is C23H23NO6. The van der Waals surface area contributed by atoms with E-state index in [2.05, 4.69) is 5.32 Å². The Morgan fingerprint density at radius 3 is 2.40 bits per heavy atom. The summed E-state index contributed by atoms with van der Waals surface area (Å²) in [5, 5.41) is 13.2. The van der Waals surface area contributed by atoms with Crippen LogP contribution >= 0.6 is 0 Å². The summed E-state index contributed by atoms with van der Waals surface area (Å²) >= 11 is 0. The summed E-state index contributed by atoms with van der Waals surface area (Å²) < 4.78 is 15.5. The van der Waals surface area contributed by atoms with E-state index in [0.29, 0.717) is 22.7 Å². The molecule has 1 atom stereocenters. The van der Waals surface area contributed by atoms with Crippen molar-refractivity contribution in [3.8, 4) is 17.2 Å². The van der Waals surface area contributed by atoms with Gasteiger partial charge in [-0.25, -0.2) is 4.79 Å². The Hall–Kier alpha value is -3.74. The van der Waals surface area contributed by atoms with E-state index in [9.17, 15) is 14.7 Å². The molecule has 156 valence electrons. The lowest BCUT2D eigenvalue weighted by Crippen LogP contribution is -2.21. The molecule has 0 saturated carbocycles. The number of carbonyl (C=O) groups is 1. The summed E-state index contributed by atoms with van der Waals surface area (Å²) in [7, 11) is 3.09. The molecule has 0 saturated heterocycles. The molecule has 30 heavy (non-hydrogen) atoms. The maximum Gasteiger partial charge on any atom is 0.343 e. The van der Waals surface area contributed by atoms with Crippen LogP contribution in [0.25, 0.3) is 0 Å². The molecule has 3 rings (SSSR count). The molecule has 0 radical (unpaired) electrons. The van der Waals surface area contributed by atoms with Crippen LogP contribution in [0, 0.1) is 6.92 Å². The van der Waals surface area contributed by atoms with Crippen molar-refractivity contribution in [2.75, 3.05) is 19.5 Å². The molecule has 7 heteroatoms. The molecule has 7 nitrogen and oxygen atoms in total. The first kappa shape index (κ1) is 21.0. The molecule has 0 aliphatic rings. The lowest BCUT2D eigenvalue weighted by Gasteiger charge is -2.18. The molecule has 1 heterocycles. The van der Waals surface area contributed by atoms with Crippen molar-refractivity contribution in [1.29, 1.82) is 0 Å². The van der Waals surface area contributed by atoms with Crippen LogP contribution in [0.5, 0.6) is 17.2 Å². The Balaban J connectivity index is 1.95. The largest absolute Gasteiger partial charge is 0.507 e. The van der Waals surface area contributed by atoms with E-state index in [0.717, 1.165) is 0 Å². The van der Waals surface area contributed by atoms with Crippen molar-refractivity contribution in [3.63, 3.8) is 0 Å². The number of benzene rings is 2. The van der Waals surface area contributed by atoms with Crippen molar-refractivity contribution in [1.82, 2.24) is 0 Å². The third-order valence-corrected chi connectivity index (χ3v) is 4.70. The molecule has 0 bridgehead atoms. The van der Waals surface area contributed by atoms with Gasteiger partial charge in [0.1, 0.15) is 23.0 Å². The van der Waals surface area contributed by atoms with Gasteiger partial charge in [0.25, 0.3) is 0 Å². The fraction of sp³-hybridized carbons (Fsp3) is 0.217. The monoisotopic (exact) mass is 409 g/mol. The number of hydrogen-bond acceptors (Lipinski definition) is 6. The van der Waals surface area contributed by atoms with Gasteiger partial charge in [0.15, 0.2) is 0 Å². The number of amides is 1. The maximum atomic E-state index is 12.8. The van der Waals surface area contributed by atoms with Crippen LogP contribution in [0.1, 0.15) is 29.2 Å². The van der Waals surface area contributed by atoms with Crippen molar-refractivity contribution >= 4 is 11.6 Å². The van der Waals surface area contributed by atoms with Gasteiger partial charge in [0.2, 0.25) is 5.91 Å². The summed E-state index contributed by atoms with van der Waals surface area (Å²) in [6.45, 7) is 1.57. The maximum absolute atomic E-state index is 12.8. The van der Waals surface area contributed by atoms with Gasteiger partial charge >= 0.3 is 5.63 Å². The molecule has 0 aliphatic carbocycles. The topological polar surface area (TPSA) is 98.0 Å². The van der Waals surface area contributed by atoms with Crippen molar-refractivity contribution in [2.45, 2.75) is 19.3 Å². The first-order valence-electron chi connectivity index (χ1n) is 9.32. The smallest absolute Gasteiger partial charge is 0.343 e. The standard InChI is InChI=1S/C23H23NO6/c1-14-11-20(25)22(23(27)30-14)19(15-7-9-17(28-2)10-8-15)13-21(26)24-16-5-4-6-18(12-16)29-3/h4-12,19,25H,13H2,1-3H3,(H,24,26)/t19-/m0/s1. The summed E-state index contributed by atoms with van der Waals surface area (Å²) in [6.07, 6.45) is -0.0785. The van der Waals surface area contributed by atoms with Gasteiger partial charge in [-0.15, -0.1) is 0 Å². The minimum absolute atomic E-state index is 0.0339. The fourth-order valence-corrected chi connectivity index (χ4v) is 3.25. The molecule has 0 fully saturated rings. The van der Waals surface area contributed by atoms with E-state index in [1.807, 2.05) is 0 Å². The quantitative estimate of drug-likeness (QED) is 0.615. The number of rotatable bonds is 7. The van der Waals surface area contributed by atoms with Crippen molar-refractivity contribution < 1.29 is 23.8 Å². The van der Waals surface area contributed by atoms with Gasteiger partial charge in [-0.3, -0.25) is 4.79 Å². The van der Waals surface area contributed by atoms with Crippen LogP contribution in [0.15, 0.2) is 63.8 Å².